The van der Waals surface area contributed by atoms with E-state index < -0.39 is 10.8 Å². The van der Waals surface area contributed by atoms with Crippen LogP contribution in [0, 0.1) is 0 Å². The van der Waals surface area contributed by atoms with Gasteiger partial charge < -0.3 is 10.5 Å². The van der Waals surface area contributed by atoms with Gasteiger partial charge >= 0.3 is 0 Å². The maximum absolute atomic E-state index is 11.1. The van der Waals surface area contributed by atoms with Crippen molar-refractivity contribution in [3.05, 3.63) is 0 Å². The molecule has 1 atom stereocenters. The van der Waals surface area contributed by atoms with E-state index in [0.29, 0.717) is 24.7 Å². The summed E-state index contributed by atoms with van der Waals surface area (Å²) in [6.45, 7) is 6.99. The maximum atomic E-state index is 11.1. The third kappa shape index (κ3) is 8.17. The van der Waals surface area contributed by atoms with Gasteiger partial charge in [-0.3, -0.25) is 4.21 Å². The average Bonchev–Trinajstić information content (AvgIpc) is 1.84. The highest BCUT2D eigenvalue weighted by Crippen LogP contribution is 2.05. The number of hydrogen-bond acceptors (Lipinski definition) is 3. The fourth-order valence-electron chi connectivity index (χ4n) is 0.674. The minimum Gasteiger partial charge on any atom is -0.375 e. The van der Waals surface area contributed by atoms with Gasteiger partial charge in [0.1, 0.15) is 0 Å². The van der Waals surface area contributed by atoms with Crippen LogP contribution in [0.4, 0.5) is 0 Å². The summed E-state index contributed by atoms with van der Waals surface area (Å²) in [7, 11) is -0.805. The van der Waals surface area contributed by atoms with Crippen molar-refractivity contribution in [2.75, 3.05) is 24.7 Å². The van der Waals surface area contributed by atoms with E-state index in [-0.39, 0.29) is 5.60 Å². The summed E-state index contributed by atoms with van der Waals surface area (Å²) in [4.78, 5) is 0. The Morgan fingerprint density at radius 3 is 2.33 bits per heavy atom. The van der Waals surface area contributed by atoms with Crippen LogP contribution < -0.4 is 5.73 Å². The topological polar surface area (TPSA) is 52.3 Å². The van der Waals surface area contributed by atoms with Gasteiger partial charge in [0.05, 0.1) is 12.2 Å². The first-order valence-electron chi connectivity index (χ1n) is 4.15. The zero-order valence-electron chi connectivity index (χ0n) is 8.13. The molecule has 0 saturated carbocycles. The quantitative estimate of drug-likeness (QED) is 0.692. The normalized spacial score (nSPS) is 14.7. The van der Waals surface area contributed by atoms with Crippen LogP contribution in [0.5, 0.6) is 0 Å². The maximum Gasteiger partial charge on any atom is 0.0598 e. The highest BCUT2D eigenvalue weighted by Gasteiger charge is 2.09. The molecule has 0 rings (SSSR count). The molecule has 12 heavy (non-hydrogen) atoms. The standard InChI is InChI=1S/C8H19NO2S/c1-8(2,3)11-5-7-12(10)6-4-9/h4-7,9H2,1-3H3. The Morgan fingerprint density at radius 2 is 1.92 bits per heavy atom. The van der Waals surface area contributed by atoms with Crippen LogP contribution in [-0.4, -0.2) is 34.5 Å². The Labute approximate surface area is 77.1 Å². The first kappa shape index (κ1) is 12.1. The Hall–Kier alpha value is 0.0700. The SMILES string of the molecule is CC(C)(C)OCCS(=O)CCN. The average molecular weight is 193 g/mol. The molecule has 0 aromatic heterocycles. The van der Waals surface area contributed by atoms with Crippen molar-refractivity contribution in [3.8, 4) is 0 Å². The van der Waals surface area contributed by atoms with Crippen molar-refractivity contribution in [1.82, 2.24) is 0 Å². The molecule has 0 bridgehead atoms. The third-order valence-electron chi connectivity index (χ3n) is 1.19. The van der Waals surface area contributed by atoms with Gasteiger partial charge in [-0.15, -0.1) is 0 Å². The van der Waals surface area contributed by atoms with Gasteiger partial charge in [0.25, 0.3) is 0 Å². The molecule has 0 aliphatic carbocycles. The monoisotopic (exact) mass is 193 g/mol. The Morgan fingerprint density at radius 1 is 1.33 bits per heavy atom. The molecule has 0 spiro atoms. The predicted molar refractivity (Wildman–Crippen MR) is 52.6 cm³/mol. The summed E-state index contributed by atoms with van der Waals surface area (Å²) in [6.07, 6.45) is 0. The predicted octanol–water partition coefficient (Wildman–Crippen LogP) is 0.509. The van der Waals surface area contributed by atoms with E-state index in [1.54, 1.807) is 0 Å². The van der Waals surface area contributed by atoms with Crippen molar-refractivity contribution >= 4 is 10.8 Å². The Kier molecular flexibility index (Phi) is 5.70. The van der Waals surface area contributed by atoms with E-state index in [1.165, 1.54) is 0 Å². The molecule has 0 fully saturated rings. The number of rotatable bonds is 5. The molecule has 2 N–H and O–H groups in total. The fraction of sp³-hybridized carbons (Fsp3) is 1.00. The highest BCUT2D eigenvalue weighted by molar-refractivity contribution is 7.85. The second-order valence-corrected chi connectivity index (χ2v) is 5.29. The first-order valence-corrected chi connectivity index (χ1v) is 5.63. The molecular weight excluding hydrogens is 174 g/mol. The van der Waals surface area contributed by atoms with Crippen LogP contribution in [0.15, 0.2) is 0 Å². The van der Waals surface area contributed by atoms with Crippen LogP contribution in [0.2, 0.25) is 0 Å². The van der Waals surface area contributed by atoms with Gasteiger partial charge in [-0.25, -0.2) is 0 Å². The summed E-state index contributed by atoms with van der Waals surface area (Å²) in [5.41, 5.74) is 5.12. The van der Waals surface area contributed by atoms with Crippen molar-refractivity contribution in [3.63, 3.8) is 0 Å². The summed E-state index contributed by atoms with van der Waals surface area (Å²) in [5, 5.41) is 0. The molecule has 0 saturated heterocycles. The second kappa shape index (κ2) is 5.67. The van der Waals surface area contributed by atoms with Gasteiger partial charge in [-0.1, -0.05) is 0 Å². The molecule has 0 radical (unpaired) electrons. The van der Waals surface area contributed by atoms with Gasteiger partial charge in [-0.05, 0) is 20.8 Å². The summed E-state index contributed by atoms with van der Waals surface area (Å²) in [6, 6.07) is 0. The van der Waals surface area contributed by atoms with Gasteiger partial charge in [0.2, 0.25) is 0 Å². The van der Waals surface area contributed by atoms with Crippen LogP contribution >= 0.6 is 0 Å². The lowest BCUT2D eigenvalue weighted by Gasteiger charge is -2.18. The van der Waals surface area contributed by atoms with E-state index in [9.17, 15) is 4.21 Å². The third-order valence-corrected chi connectivity index (χ3v) is 2.50. The smallest absolute Gasteiger partial charge is 0.0598 e. The van der Waals surface area contributed by atoms with E-state index in [0.717, 1.165) is 0 Å². The van der Waals surface area contributed by atoms with Crippen molar-refractivity contribution in [1.29, 1.82) is 0 Å². The van der Waals surface area contributed by atoms with E-state index >= 15 is 0 Å². The minimum absolute atomic E-state index is 0.132. The highest BCUT2D eigenvalue weighted by atomic mass is 32.2. The van der Waals surface area contributed by atoms with Gasteiger partial charge in [0, 0.05) is 28.9 Å². The summed E-state index contributed by atoms with van der Waals surface area (Å²) < 4.78 is 16.5. The second-order valence-electron chi connectivity index (χ2n) is 3.60. The van der Waals surface area contributed by atoms with E-state index in [2.05, 4.69) is 0 Å². The lowest BCUT2D eigenvalue weighted by Crippen LogP contribution is -2.23. The molecule has 3 nitrogen and oxygen atoms in total. The largest absolute Gasteiger partial charge is 0.375 e. The zero-order valence-corrected chi connectivity index (χ0v) is 8.95. The summed E-state index contributed by atoms with van der Waals surface area (Å²) >= 11 is 0. The molecule has 74 valence electrons. The van der Waals surface area contributed by atoms with Crippen molar-refractivity contribution in [2.45, 2.75) is 26.4 Å². The number of nitrogens with two attached hydrogens (primary N) is 1. The number of hydrogen-bond donors (Lipinski definition) is 1. The first-order chi connectivity index (χ1) is 5.45. The Bertz CT molecular complexity index is 142. The molecule has 0 aromatic rings. The van der Waals surface area contributed by atoms with Crippen LogP contribution in [0.25, 0.3) is 0 Å². The van der Waals surface area contributed by atoms with E-state index in [4.69, 9.17) is 10.5 Å². The van der Waals surface area contributed by atoms with Crippen molar-refractivity contribution in [2.24, 2.45) is 5.73 Å². The molecule has 1 unspecified atom stereocenters. The Balaban J connectivity index is 3.37. The molecule has 0 aromatic carbocycles. The van der Waals surface area contributed by atoms with Gasteiger partial charge in [-0.2, -0.15) is 0 Å². The fourth-order valence-corrected chi connectivity index (χ4v) is 1.41. The molecule has 0 amide bonds. The molecule has 0 heterocycles. The number of ether oxygens (including phenoxy) is 1. The lowest BCUT2D eigenvalue weighted by molar-refractivity contribution is 0.00669. The van der Waals surface area contributed by atoms with Crippen LogP contribution in [0.1, 0.15) is 20.8 Å². The van der Waals surface area contributed by atoms with Crippen LogP contribution in [0.3, 0.4) is 0 Å². The van der Waals surface area contributed by atoms with Crippen molar-refractivity contribution < 1.29 is 8.95 Å². The van der Waals surface area contributed by atoms with Gasteiger partial charge in [0.15, 0.2) is 0 Å². The zero-order chi connectivity index (χ0) is 9.61. The van der Waals surface area contributed by atoms with Crippen LogP contribution in [-0.2, 0) is 15.5 Å². The molecule has 0 aliphatic heterocycles. The minimum atomic E-state index is -0.805. The lowest BCUT2D eigenvalue weighted by atomic mass is 10.2. The molecule has 4 heteroatoms. The van der Waals surface area contributed by atoms with E-state index in [1.807, 2.05) is 20.8 Å². The molecular formula is C8H19NO2S. The molecule has 0 aliphatic rings. The summed E-state index contributed by atoms with van der Waals surface area (Å²) in [5.74, 6) is 1.17.